The smallest absolute Gasteiger partial charge is 0.267 e. The zero-order valence-corrected chi connectivity index (χ0v) is 19.1. The maximum absolute atomic E-state index is 11.9. The monoisotopic (exact) mass is 442 g/mol. The van der Waals surface area contributed by atoms with Gasteiger partial charge in [-0.05, 0) is 74.8 Å². The van der Waals surface area contributed by atoms with Gasteiger partial charge >= 0.3 is 0 Å². The SMILES string of the molecule is O=C(C=Cc1ccc(N[C@@H]2CCCN(CC3CCCCC3)C2)nc1)NOC1CCCCO1. The molecule has 1 saturated carbocycles. The maximum atomic E-state index is 11.9. The molecular formula is C25H38N4O3. The van der Waals surface area contributed by atoms with E-state index in [4.69, 9.17) is 9.57 Å². The van der Waals surface area contributed by atoms with Gasteiger partial charge in [0.25, 0.3) is 5.91 Å². The average Bonchev–Trinajstić information content (AvgIpc) is 2.84. The molecule has 0 radical (unpaired) electrons. The Morgan fingerprint density at radius 2 is 2.00 bits per heavy atom. The van der Waals surface area contributed by atoms with Gasteiger partial charge in [0.2, 0.25) is 0 Å². The van der Waals surface area contributed by atoms with Crippen LogP contribution in [0.25, 0.3) is 6.08 Å². The summed E-state index contributed by atoms with van der Waals surface area (Å²) in [4.78, 5) is 24.4. The number of pyridine rings is 1. The van der Waals surface area contributed by atoms with Crippen LogP contribution in [0.4, 0.5) is 5.82 Å². The zero-order chi connectivity index (χ0) is 22.0. The Kier molecular flexibility index (Phi) is 8.94. The highest BCUT2D eigenvalue weighted by Gasteiger charge is 2.23. The van der Waals surface area contributed by atoms with E-state index in [1.54, 1.807) is 12.3 Å². The number of carbonyl (C=O) groups is 1. The molecule has 3 aliphatic rings. The third-order valence-corrected chi connectivity index (χ3v) is 6.74. The van der Waals surface area contributed by atoms with Gasteiger partial charge in [0.1, 0.15) is 5.82 Å². The van der Waals surface area contributed by atoms with Gasteiger partial charge in [0.05, 0.1) is 0 Å². The van der Waals surface area contributed by atoms with E-state index in [0.29, 0.717) is 12.6 Å². The normalized spacial score (nSPS) is 25.6. The molecule has 4 rings (SSSR count). The summed E-state index contributed by atoms with van der Waals surface area (Å²) < 4.78 is 5.43. The topological polar surface area (TPSA) is 75.7 Å². The van der Waals surface area contributed by atoms with E-state index in [2.05, 4.69) is 20.7 Å². The molecule has 1 unspecified atom stereocenters. The van der Waals surface area contributed by atoms with Crippen molar-refractivity contribution in [3.63, 3.8) is 0 Å². The predicted molar refractivity (Wildman–Crippen MR) is 126 cm³/mol. The van der Waals surface area contributed by atoms with Gasteiger partial charge in [-0.1, -0.05) is 19.3 Å². The first kappa shape index (κ1) is 23.2. The molecule has 3 heterocycles. The zero-order valence-electron chi connectivity index (χ0n) is 19.1. The Morgan fingerprint density at radius 3 is 2.78 bits per heavy atom. The van der Waals surface area contributed by atoms with E-state index in [0.717, 1.165) is 43.1 Å². The Labute approximate surface area is 191 Å². The van der Waals surface area contributed by atoms with Crippen LogP contribution in [0.3, 0.4) is 0 Å². The molecule has 2 aliphatic heterocycles. The fourth-order valence-corrected chi connectivity index (χ4v) is 5.01. The molecule has 2 N–H and O–H groups in total. The Morgan fingerprint density at radius 1 is 1.12 bits per heavy atom. The van der Waals surface area contributed by atoms with Crippen LogP contribution in [0.5, 0.6) is 0 Å². The summed E-state index contributed by atoms with van der Waals surface area (Å²) >= 11 is 0. The first-order chi connectivity index (χ1) is 15.7. The van der Waals surface area contributed by atoms with Gasteiger partial charge in [-0.3, -0.25) is 4.79 Å². The van der Waals surface area contributed by atoms with Crippen molar-refractivity contribution in [1.82, 2.24) is 15.4 Å². The number of hydrogen-bond acceptors (Lipinski definition) is 6. The molecule has 176 valence electrons. The highest BCUT2D eigenvalue weighted by Crippen LogP contribution is 2.26. The van der Waals surface area contributed by atoms with E-state index in [1.807, 2.05) is 12.1 Å². The average molecular weight is 443 g/mol. The third-order valence-electron chi connectivity index (χ3n) is 6.74. The van der Waals surface area contributed by atoms with Crippen LogP contribution in [-0.4, -0.2) is 54.4 Å². The minimum Gasteiger partial charge on any atom is -0.366 e. The Balaban J connectivity index is 1.19. The van der Waals surface area contributed by atoms with Crippen LogP contribution in [-0.2, 0) is 14.4 Å². The van der Waals surface area contributed by atoms with E-state index >= 15 is 0 Å². The summed E-state index contributed by atoms with van der Waals surface area (Å²) in [7, 11) is 0. The standard InChI is InChI=1S/C25H38N4O3/c30-24(28-32-25-10-4-5-16-31-25)14-12-20-11-13-23(26-17-20)27-22-9-6-15-29(19-22)18-21-7-2-1-3-8-21/h11-14,17,21-22,25H,1-10,15-16,18-19H2,(H,26,27)(H,28,30)/t22-,25?/m1/s1. The minimum atomic E-state index is -0.341. The van der Waals surface area contributed by atoms with Gasteiger partial charge in [0, 0.05) is 44.4 Å². The first-order valence-electron chi connectivity index (χ1n) is 12.4. The van der Waals surface area contributed by atoms with Crippen molar-refractivity contribution in [2.24, 2.45) is 5.92 Å². The maximum Gasteiger partial charge on any atom is 0.267 e. The number of hydroxylamine groups is 1. The number of nitrogens with one attached hydrogen (secondary N) is 2. The molecule has 1 aliphatic carbocycles. The largest absolute Gasteiger partial charge is 0.366 e. The van der Waals surface area contributed by atoms with E-state index < -0.39 is 0 Å². The predicted octanol–water partition coefficient (Wildman–Crippen LogP) is 4.13. The van der Waals surface area contributed by atoms with Crippen molar-refractivity contribution in [3.05, 3.63) is 30.0 Å². The number of hydrogen-bond donors (Lipinski definition) is 2. The molecule has 0 bridgehead atoms. The van der Waals surface area contributed by atoms with E-state index in [-0.39, 0.29) is 12.2 Å². The lowest BCUT2D eigenvalue weighted by Gasteiger charge is -2.36. The van der Waals surface area contributed by atoms with E-state index in [1.165, 1.54) is 64.1 Å². The number of rotatable bonds is 8. The lowest BCUT2D eigenvalue weighted by molar-refractivity contribution is -0.198. The molecule has 0 spiro atoms. The number of carbonyl (C=O) groups excluding carboxylic acids is 1. The summed E-state index contributed by atoms with van der Waals surface area (Å²) in [6, 6.07) is 4.42. The number of likely N-dealkylation sites (tertiary alicyclic amines) is 1. The Bertz CT molecular complexity index is 727. The molecule has 32 heavy (non-hydrogen) atoms. The van der Waals surface area contributed by atoms with Crippen molar-refractivity contribution >= 4 is 17.8 Å². The van der Waals surface area contributed by atoms with E-state index in [9.17, 15) is 4.79 Å². The molecule has 7 heteroatoms. The van der Waals surface area contributed by atoms with Crippen molar-refractivity contribution in [2.75, 3.05) is 31.6 Å². The molecule has 3 fully saturated rings. The lowest BCUT2D eigenvalue weighted by atomic mass is 9.88. The summed E-state index contributed by atoms with van der Waals surface area (Å²) in [5.74, 6) is 1.49. The molecular weight excluding hydrogens is 404 g/mol. The number of anilines is 1. The quantitative estimate of drug-likeness (QED) is 0.466. The van der Waals surface area contributed by atoms with Gasteiger partial charge in [-0.2, -0.15) is 0 Å². The second-order valence-corrected chi connectivity index (χ2v) is 9.44. The number of amides is 1. The highest BCUT2D eigenvalue weighted by atomic mass is 16.8. The summed E-state index contributed by atoms with van der Waals surface area (Å²) in [6.45, 7) is 4.27. The van der Waals surface area contributed by atoms with Crippen LogP contribution >= 0.6 is 0 Å². The summed E-state index contributed by atoms with van der Waals surface area (Å²) in [6.07, 6.45) is 17.0. The van der Waals surface area contributed by atoms with Crippen molar-refractivity contribution < 1.29 is 14.4 Å². The van der Waals surface area contributed by atoms with Gasteiger partial charge < -0.3 is 15.0 Å². The van der Waals surface area contributed by atoms with Gasteiger partial charge in [-0.25, -0.2) is 15.3 Å². The van der Waals surface area contributed by atoms with Crippen molar-refractivity contribution in [1.29, 1.82) is 0 Å². The molecule has 1 aromatic rings. The van der Waals surface area contributed by atoms with Crippen LogP contribution in [0.2, 0.25) is 0 Å². The van der Waals surface area contributed by atoms with Crippen LogP contribution in [0.15, 0.2) is 24.4 Å². The summed E-state index contributed by atoms with van der Waals surface area (Å²) in [5, 5.41) is 3.61. The third kappa shape index (κ3) is 7.57. The second kappa shape index (κ2) is 12.3. The number of piperidine rings is 1. The molecule has 1 amide bonds. The number of ether oxygens (including phenoxy) is 1. The highest BCUT2D eigenvalue weighted by molar-refractivity contribution is 5.90. The summed E-state index contributed by atoms with van der Waals surface area (Å²) in [5.41, 5.74) is 3.31. The fraction of sp³-hybridized carbons (Fsp3) is 0.680. The number of aromatic nitrogens is 1. The first-order valence-corrected chi connectivity index (χ1v) is 12.4. The lowest BCUT2D eigenvalue weighted by Crippen LogP contribution is -2.44. The van der Waals surface area contributed by atoms with Crippen LogP contribution < -0.4 is 10.8 Å². The minimum absolute atomic E-state index is 0.304. The van der Waals surface area contributed by atoms with Gasteiger partial charge in [0.15, 0.2) is 6.29 Å². The Hall–Kier alpha value is -1.96. The second-order valence-electron chi connectivity index (χ2n) is 9.44. The molecule has 2 atom stereocenters. The van der Waals surface area contributed by atoms with Crippen LogP contribution in [0.1, 0.15) is 69.8 Å². The molecule has 1 aromatic heterocycles. The van der Waals surface area contributed by atoms with Crippen molar-refractivity contribution in [3.8, 4) is 0 Å². The van der Waals surface area contributed by atoms with Gasteiger partial charge in [-0.15, -0.1) is 0 Å². The van der Waals surface area contributed by atoms with Crippen molar-refractivity contribution in [2.45, 2.75) is 76.5 Å². The molecule has 0 aromatic carbocycles. The van der Waals surface area contributed by atoms with Crippen LogP contribution in [0, 0.1) is 5.92 Å². The number of nitrogens with zero attached hydrogens (tertiary/aromatic N) is 2. The molecule has 2 saturated heterocycles. The fourth-order valence-electron chi connectivity index (χ4n) is 5.01. The molecule has 7 nitrogen and oxygen atoms in total.